The number of amides is 2. The number of ether oxygens (including phenoxy) is 2. The fourth-order valence-electron chi connectivity index (χ4n) is 3.55. The maximum Gasteiger partial charge on any atom is 0.242 e. The van der Waals surface area contributed by atoms with E-state index in [2.05, 4.69) is 5.32 Å². The zero-order valence-electron chi connectivity index (χ0n) is 19.6. The van der Waals surface area contributed by atoms with Crippen LogP contribution < -0.4 is 14.8 Å². The number of benzene rings is 2. The van der Waals surface area contributed by atoms with Crippen molar-refractivity contribution < 1.29 is 19.1 Å². The lowest BCUT2D eigenvalue weighted by Gasteiger charge is -2.31. The normalized spacial score (nSPS) is 11.6. The highest BCUT2D eigenvalue weighted by Gasteiger charge is 2.28. The average molecular weight is 495 g/mol. The van der Waals surface area contributed by atoms with E-state index in [9.17, 15) is 9.59 Å². The van der Waals surface area contributed by atoms with Crippen molar-refractivity contribution in [2.45, 2.75) is 52.1 Å². The van der Waals surface area contributed by atoms with E-state index in [1.165, 1.54) is 0 Å². The van der Waals surface area contributed by atoms with Gasteiger partial charge in [0.15, 0.2) is 11.5 Å². The van der Waals surface area contributed by atoms with Crippen LogP contribution in [0, 0.1) is 0 Å². The number of aryl methyl sites for hydroxylation is 1. The van der Waals surface area contributed by atoms with E-state index >= 15 is 0 Å². The molecule has 33 heavy (non-hydrogen) atoms. The Morgan fingerprint density at radius 3 is 2.27 bits per heavy atom. The largest absolute Gasteiger partial charge is 0.493 e. The number of carbonyl (C=O) groups is 2. The molecule has 0 aliphatic rings. The van der Waals surface area contributed by atoms with Crippen molar-refractivity contribution in [1.82, 2.24) is 10.2 Å². The first-order valence-corrected chi connectivity index (χ1v) is 11.8. The van der Waals surface area contributed by atoms with E-state index in [0.29, 0.717) is 40.9 Å². The van der Waals surface area contributed by atoms with Gasteiger partial charge < -0.3 is 19.7 Å². The van der Waals surface area contributed by atoms with Gasteiger partial charge in [-0.1, -0.05) is 49.2 Å². The number of halogens is 2. The van der Waals surface area contributed by atoms with Crippen LogP contribution in [0.3, 0.4) is 0 Å². The smallest absolute Gasteiger partial charge is 0.242 e. The standard InChI is InChI=1S/C25H32Cl2N2O4/c1-5-13-28-25(31)21(6-2)29(16-18-7-10-19(26)20(27)14-18)24(30)12-9-17-8-11-22(32-3)23(15-17)33-4/h7-8,10-11,14-15,21H,5-6,9,12-13,16H2,1-4H3,(H,28,31). The Labute approximate surface area is 206 Å². The van der Waals surface area contributed by atoms with Crippen LogP contribution >= 0.6 is 23.2 Å². The third kappa shape index (κ3) is 7.54. The predicted molar refractivity (Wildman–Crippen MR) is 132 cm³/mol. The van der Waals surface area contributed by atoms with Crippen LogP contribution in [-0.2, 0) is 22.6 Å². The van der Waals surface area contributed by atoms with E-state index in [1.54, 1.807) is 31.3 Å². The molecular formula is C25H32Cl2N2O4. The molecule has 1 N–H and O–H groups in total. The monoisotopic (exact) mass is 494 g/mol. The summed E-state index contributed by atoms with van der Waals surface area (Å²) in [5.41, 5.74) is 1.75. The fourth-order valence-corrected chi connectivity index (χ4v) is 3.87. The number of rotatable bonds is 12. The first-order chi connectivity index (χ1) is 15.8. The van der Waals surface area contributed by atoms with E-state index in [4.69, 9.17) is 32.7 Å². The van der Waals surface area contributed by atoms with E-state index in [0.717, 1.165) is 17.5 Å². The van der Waals surface area contributed by atoms with Crippen LogP contribution in [0.2, 0.25) is 10.0 Å². The number of nitrogens with zero attached hydrogens (tertiary/aromatic N) is 1. The molecule has 0 fully saturated rings. The highest BCUT2D eigenvalue weighted by atomic mass is 35.5. The Hall–Kier alpha value is -2.44. The quantitative estimate of drug-likeness (QED) is 0.435. The van der Waals surface area contributed by atoms with Crippen molar-refractivity contribution in [1.29, 1.82) is 0 Å². The molecule has 0 spiro atoms. The number of hydrogen-bond acceptors (Lipinski definition) is 4. The van der Waals surface area contributed by atoms with Gasteiger partial charge in [-0.2, -0.15) is 0 Å². The second kappa shape index (κ2) is 13.3. The molecule has 0 saturated carbocycles. The fraction of sp³-hybridized carbons (Fsp3) is 0.440. The lowest BCUT2D eigenvalue weighted by atomic mass is 10.1. The average Bonchev–Trinajstić information content (AvgIpc) is 2.82. The molecule has 2 aromatic carbocycles. The molecule has 0 radical (unpaired) electrons. The van der Waals surface area contributed by atoms with Gasteiger partial charge in [0, 0.05) is 19.5 Å². The highest BCUT2D eigenvalue weighted by Crippen LogP contribution is 2.28. The van der Waals surface area contributed by atoms with Crippen molar-refractivity contribution in [2.75, 3.05) is 20.8 Å². The topological polar surface area (TPSA) is 67.9 Å². The molecule has 2 rings (SSSR count). The van der Waals surface area contributed by atoms with Gasteiger partial charge in [-0.25, -0.2) is 0 Å². The molecule has 0 bridgehead atoms. The van der Waals surface area contributed by atoms with Gasteiger partial charge >= 0.3 is 0 Å². The van der Waals surface area contributed by atoms with Gasteiger partial charge in [0.05, 0.1) is 24.3 Å². The summed E-state index contributed by atoms with van der Waals surface area (Å²) >= 11 is 12.2. The molecule has 0 aliphatic carbocycles. The van der Waals surface area contributed by atoms with Gasteiger partial charge in [-0.05, 0) is 54.7 Å². The molecule has 0 aliphatic heterocycles. The number of hydrogen-bond donors (Lipinski definition) is 1. The first kappa shape index (κ1) is 26.8. The number of methoxy groups -OCH3 is 2. The van der Waals surface area contributed by atoms with Crippen molar-refractivity contribution in [2.24, 2.45) is 0 Å². The minimum absolute atomic E-state index is 0.116. The summed E-state index contributed by atoms with van der Waals surface area (Å²) in [5.74, 6) is 0.973. The second-order valence-corrected chi connectivity index (χ2v) is 8.49. The molecular weight excluding hydrogens is 463 g/mol. The Morgan fingerprint density at radius 2 is 1.67 bits per heavy atom. The summed E-state index contributed by atoms with van der Waals surface area (Å²) in [6, 6.07) is 10.3. The molecule has 8 heteroatoms. The molecule has 1 unspecified atom stereocenters. The molecule has 1 atom stereocenters. The van der Waals surface area contributed by atoms with Crippen molar-refractivity contribution in [3.63, 3.8) is 0 Å². The van der Waals surface area contributed by atoms with Gasteiger partial charge in [-0.15, -0.1) is 0 Å². The van der Waals surface area contributed by atoms with Gasteiger partial charge in [0.25, 0.3) is 0 Å². The van der Waals surface area contributed by atoms with Crippen molar-refractivity contribution in [3.05, 3.63) is 57.6 Å². The van der Waals surface area contributed by atoms with Crippen LogP contribution in [0.4, 0.5) is 0 Å². The van der Waals surface area contributed by atoms with Crippen LogP contribution in [0.5, 0.6) is 11.5 Å². The van der Waals surface area contributed by atoms with Gasteiger partial charge in [0.2, 0.25) is 11.8 Å². The number of carbonyl (C=O) groups excluding carboxylic acids is 2. The van der Waals surface area contributed by atoms with Gasteiger partial charge in [-0.3, -0.25) is 9.59 Å². The molecule has 0 saturated heterocycles. The second-order valence-electron chi connectivity index (χ2n) is 7.67. The summed E-state index contributed by atoms with van der Waals surface area (Å²) in [6.07, 6.45) is 2.07. The Kier molecular flexibility index (Phi) is 10.8. The van der Waals surface area contributed by atoms with Crippen LogP contribution in [0.1, 0.15) is 44.2 Å². The summed E-state index contributed by atoms with van der Waals surface area (Å²) in [4.78, 5) is 27.8. The molecule has 2 amide bonds. The molecule has 6 nitrogen and oxygen atoms in total. The summed E-state index contributed by atoms with van der Waals surface area (Å²) in [5, 5.41) is 3.77. The van der Waals surface area contributed by atoms with E-state index < -0.39 is 6.04 Å². The molecule has 0 heterocycles. The summed E-state index contributed by atoms with van der Waals surface area (Å²) in [6.45, 7) is 4.72. The Morgan fingerprint density at radius 1 is 0.970 bits per heavy atom. The molecule has 180 valence electrons. The molecule has 0 aromatic heterocycles. The molecule has 2 aromatic rings. The Balaban J connectivity index is 2.24. The maximum absolute atomic E-state index is 13.4. The minimum atomic E-state index is -0.580. The first-order valence-electron chi connectivity index (χ1n) is 11.1. The zero-order valence-corrected chi connectivity index (χ0v) is 21.1. The van der Waals surface area contributed by atoms with Crippen LogP contribution in [-0.4, -0.2) is 43.5 Å². The van der Waals surface area contributed by atoms with Crippen LogP contribution in [0.15, 0.2) is 36.4 Å². The lowest BCUT2D eigenvalue weighted by molar-refractivity contribution is -0.141. The minimum Gasteiger partial charge on any atom is -0.493 e. The van der Waals surface area contributed by atoms with E-state index in [-0.39, 0.29) is 24.8 Å². The van der Waals surface area contributed by atoms with Crippen molar-refractivity contribution >= 4 is 35.0 Å². The van der Waals surface area contributed by atoms with E-state index in [1.807, 2.05) is 38.1 Å². The summed E-state index contributed by atoms with van der Waals surface area (Å²) in [7, 11) is 3.16. The predicted octanol–water partition coefficient (Wildman–Crippen LogP) is 5.28. The third-order valence-electron chi connectivity index (χ3n) is 5.35. The lowest BCUT2D eigenvalue weighted by Crippen LogP contribution is -2.49. The highest BCUT2D eigenvalue weighted by molar-refractivity contribution is 6.42. The summed E-state index contributed by atoms with van der Waals surface area (Å²) < 4.78 is 10.6. The maximum atomic E-state index is 13.4. The Bertz CT molecular complexity index is 952. The van der Waals surface area contributed by atoms with Gasteiger partial charge in [0.1, 0.15) is 6.04 Å². The van der Waals surface area contributed by atoms with Crippen LogP contribution in [0.25, 0.3) is 0 Å². The SMILES string of the molecule is CCCNC(=O)C(CC)N(Cc1ccc(Cl)c(Cl)c1)C(=O)CCc1ccc(OC)c(OC)c1. The zero-order chi connectivity index (χ0) is 24.4. The third-order valence-corrected chi connectivity index (χ3v) is 6.09. The van der Waals surface area contributed by atoms with Crippen molar-refractivity contribution in [3.8, 4) is 11.5 Å². The number of nitrogens with one attached hydrogen (secondary N) is 1.